The number of ketones is 1. The summed E-state index contributed by atoms with van der Waals surface area (Å²) in [6.45, 7) is 0. The van der Waals surface area contributed by atoms with Crippen LogP contribution in [0.3, 0.4) is 0 Å². The average Bonchev–Trinajstić information content (AvgIpc) is 2.58. The summed E-state index contributed by atoms with van der Waals surface area (Å²) in [5.41, 5.74) is -3.00. The molecule has 0 aliphatic carbocycles. The van der Waals surface area contributed by atoms with Crippen molar-refractivity contribution >= 4 is 41.8 Å². The third-order valence-corrected chi connectivity index (χ3v) is 4.53. The minimum absolute atomic E-state index is 0. The number of carbonyl (C=O) groups excluding carboxylic acids is 1. The lowest BCUT2D eigenvalue weighted by atomic mass is 9.86. The summed E-state index contributed by atoms with van der Waals surface area (Å²) in [5.74, 6) is -4.25. The second-order valence-electron chi connectivity index (χ2n) is 5.63. The standard InChI is InChI=1S/C16H11ClN4O5S2.H3N/c17-6-3-1-5(2-4-6)10(22)7(8-11(23)18-15(27)19-12(8)24)9-13(25)20-16(28)21-14(9)26;/h1-4,7H,(H3,18,19,23,24,27)(H3,20,21,25,26,28);1H3. The van der Waals surface area contributed by atoms with Gasteiger partial charge in [-0.25, -0.2) is 0 Å². The molecule has 0 aliphatic rings. The molecule has 2 aromatic heterocycles. The van der Waals surface area contributed by atoms with Gasteiger partial charge in [0.2, 0.25) is 5.88 Å². The molecular formula is C16H14ClN5O5S2. The molecule has 0 bridgehead atoms. The molecular weight excluding hydrogens is 442 g/mol. The highest BCUT2D eigenvalue weighted by atomic mass is 35.5. The lowest BCUT2D eigenvalue weighted by Gasteiger charge is -2.21. The predicted molar refractivity (Wildman–Crippen MR) is 109 cm³/mol. The van der Waals surface area contributed by atoms with E-state index in [4.69, 9.17) is 36.0 Å². The van der Waals surface area contributed by atoms with Gasteiger partial charge in [0.05, 0.1) is 11.5 Å². The molecule has 13 heteroatoms. The molecule has 3 rings (SSSR count). The number of H-pyrrole nitrogens is 4. The zero-order valence-electron chi connectivity index (χ0n) is 14.7. The maximum absolute atomic E-state index is 13.2. The molecule has 0 saturated carbocycles. The van der Waals surface area contributed by atoms with Crippen molar-refractivity contribution in [2.45, 2.75) is 5.92 Å². The molecule has 1 atom stereocenters. The highest BCUT2D eigenvalue weighted by Crippen LogP contribution is 2.31. The van der Waals surface area contributed by atoms with Gasteiger partial charge >= 0.3 is 0 Å². The summed E-state index contributed by atoms with van der Waals surface area (Å²) in [6.07, 6.45) is 0. The molecule has 0 saturated heterocycles. The van der Waals surface area contributed by atoms with Crippen LogP contribution in [0.1, 0.15) is 27.4 Å². The maximum atomic E-state index is 13.2. The Labute approximate surface area is 176 Å². The second kappa shape index (κ2) is 8.53. The minimum atomic E-state index is -1.74. The number of Topliss-reactive ketones (excluding diaryl/α,β-unsaturated/α-hetero) is 1. The smallest absolute Gasteiger partial charge is 0.259 e. The quantitative estimate of drug-likeness (QED) is 0.255. The Balaban J connectivity index is 0.00000300. The molecule has 0 spiro atoms. The fourth-order valence-corrected chi connectivity index (χ4v) is 3.18. The van der Waals surface area contributed by atoms with Gasteiger partial charge in [-0.1, -0.05) is 11.6 Å². The topological polar surface area (TPSA) is 194 Å². The number of benzene rings is 1. The fourth-order valence-electron chi connectivity index (χ4n) is 2.68. The van der Waals surface area contributed by atoms with Gasteiger partial charge in [0, 0.05) is 16.1 Å². The van der Waals surface area contributed by atoms with E-state index in [1.807, 2.05) is 0 Å². The van der Waals surface area contributed by atoms with Crippen molar-refractivity contribution in [2.75, 3.05) is 0 Å². The van der Waals surface area contributed by atoms with E-state index in [1.165, 1.54) is 24.3 Å². The van der Waals surface area contributed by atoms with Crippen LogP contribution in [0.5, 0.6) is 11.8 Å². The number of quaternary nitrogens is 1. The van der Waals surface area contributed by atoms with Crippen molar-refractivity contribution in [1.29, 1.82) is 0 Å². The number of hydrogen-bond acceptors (Lipinski definition) is 7. The van der Waals surface area contributed by atoms with E-state index in [9.17, 15) is 24.6 Å². The van der Waals surface area contributed by atoms with Crippen molar-refractivity contribution in [2.24, 2.45) is 0 Å². The van der Waals surface area contributed by atoms with Gasteiger partial charge in [-0.2, -0.15) is 0 Å². The van der Waals surface area contributed by atoms with Gasteiger partial charge < -0.3 is 26.3 Å². The van der Waals surface area contributed by atoms with Crippen LogP contribution >= 0.6 is 36.0 Å². The van der Waals surface area contributed by atoms with Crippen LogP contribution in [0.2, 0.25) is 5.02 Å². The monoisotopic (exact) mass is 455 g/mol. The molecule has 152 valence electrons. The van der Waals surface area contributed by atoms with Crippen LogP contribution in [0.4, 0.5) is 0 Å². The first-order valence-corrected chi connectivity index (χ1v) is 8.77. The number of rotatable bonds is 4. The van der Waals surface area contributed by atoms with Gasteiger partial charge in [-0.05, 0) is 54.6 Å². The molecule has 10 nitrogen and oxygen atoms in total. The number of aromatic nitrogens is 4. The highest BCUT2D eigenvalue weighted by molar-refractivity contribution is 7.71. The van der Waals surface area contributed by atoms with Crippen molar-refractivity contribution in [1.82, 2.24) is 26.1 Å². The fraction of sp³-hybridized carbons (Fsp3) is 0.0625. The van der Waals surface area contributed by atoms with E-state index in [2.05, 4.69) is 19.9 Å². The SMILES string of the molecule is O=C(c1ccc(Cl)cc1)C(c1c([O-])[nH]c(=S)[nH]c1=O)c1c(O)[nH]c(=S)[nH]c1=O.[NH4+]. The predicted octanol–water partition coefficient (Wildman–Crippen LogP) is 2.00. The number of halogens is 1. The summed E-state index contributed by atoms with van der Waals surface area (Å²) in [5, 5.41) is 23.0. The molecule has 3 aromatic rings. The molecule has 1 aromatic carbocycles. The number of aromatic amines is 4. The zero-order chi connectivity index (χ0) is 20.6. The first-order valence-electron chi connectivity index (χ1n) is 7.57. The number of aromatic hydroxyl groups is 1. The first kappa shape index (κ1) is 22.2. The molecule has 9 N–H and O–H groups in total. The highest BCUT2D eigenvalue weighted by Gasteiger charge is 2.32. The summed E-state index contributed by atoms with van der Waals surface area (Å²) >= 11 is 15.3. The first-order chi connectivity index (χ1) is 13.2. The van der Waals surface area contributed by atoms with Crippen LogP contribution < -0.4 is 22.4 Å². The van der Waals surface area contributed by atoms with E-state index in [0.29, 0.717) is 5.02 Å². The van der Waals surface area contributed by atoms with Crippen LogP contribution in [-0.2, 0) is 0 Å². The van der Waals surface area contributed by atoms with Gasteiger partial charge in [0.1, 0.15) is 0 Å². The zero-order valence-corrected chi connectivity index (χ0v) is 17.1. The Morgan fingerprint density at radius 1 is 0.966 bits per heavy atom. The van der Waals surface area contributed by atoms with E-state index >= 15 is 0 Å². The third-order valence-electron chi connectivity index (χ3n) is 3.87. The molecule has 2 heterocycles. The Hall–Kier alpha value is -3.06. The maximum Gasteiger partial charge on any atom is 0.259 e. The lowest BCUT2D eigenvalue weighted by Crippen LogP contribution is -2.30. The Morgan fingerprint density at radius 3 is 2.00 bits per heavy atom. The van der Waals surface area contributed by atoms with Crippen LogP contribution in [0.25, 0.3) is 0 Å². The molecule has 0 fully saturated rings. The summed E-state index contributed by atoms with van der Waals surface area (Å²) < 4.78 is -0.449. The summed E-state index contributed by atoms with van der Waals surface area (Å²) in [7, 11) is 0. The van der Waals surface area contributed by atoms with Crippen LogP contribution in [-0.4, -0.2) is 30.8 Å². The van der Waals surface area contributed by atoms with Gasteiger partial charge in [0.25, 0.3) is 11.1 Å². The Bertz CT molecular complexity index is 1240. The van der Waals surface area contributed by atoms with Crippen molar-refractivity contribution in [3.63, 3.8) is 0 Å². The van der Waals surface area contributed by atoms with Crippen molar-refractivity contribution < 1.29 is 15.0 Å². The minimum Gasteiger partial charge on any atom is -0.860 e. The average molecular weight is 456 g/mol. The second-order valence-corrected chi connectivity index (χ2v) is 6.88. The van der Waals surface area contributed by atoms with E-state index in [1.54, 1.807) is 0 Å². The van der Waals surface area contributed by atoms with Gasteiger partial charge in [-0.3, -0.25) is 24.4 Å². The normalized spacial score (nSPS) is 11.5. The van der Waals surface area contributed by atoms with Crippen LogP contribution in [0.15, 0.2) is 33.9 Å². The third kappa shape index (κ3) is 4.35. The lowest BCUT2D eigenvalue weighted by molar-refractivity contribution is -0.276. The molecule has 29 heavy (non-hydrogen) atoms. The van der Waals surface area contributed by atoms with E-state index < -0.39 is 45.7 Å². The molecule has 0 amide bonds. The van der Waals surface area contributed by atoms with Crippen molar-refractivity contribution in [3.05, 3.63) is 76.2 Å². The van der Waals surface area contributed by atoms with Crippen LogP contribution in [0, 0.1) is 9.54 Å². The number of carbonyl (C=O) groups is 1. The summed E-state index contributed by atoms with van der Waals surface area (Å²) in [4.78, 5) is 46.9. The largest absolute Gasteiger partial charge is 0.860 e. The van der Waals surface area contributed by atoms with E-state index in [0.717, 1.165) is 0 Å². The number of nitrogens with one attached hydrogen (secondary N) is 4. The summed E-state index contributed by atoms with van der Waals surface area (Å²) in [6, 6.07) is 5.57. The van der Waals surface area contributed by atoms with Gasteiger partial charge in [0.15, 0.2) is 15.3 Å². The van der Waals surface area contributed by atoms with E-state index in [-0.39, 0.29) is 21.3 Å². The van der Waals surface area contributed by atoms with Crippen molar-refractivity contribution in [3.8, 4) is 11.8 Å². The molecule has 1 unspecified atom stereocenters. The Kier molecular flexibility index (Phi) is 6.54. The van der Waals surface area contributed by atoms with Gasteiger partial charge in [-0.15, -0.1) is 0 Å². The Morgan fingerprint density at radius 2 is 1.48 bits per heavy atom. The molecule has 0 radical (unpaired) electrons. The molecule has 0 aliphatic heterocycles. The number of hydrogen-bond donors (Lipinski definition) is 6.